The molecule has 5 heteroatoms. The molecule has 2 heterocycles. The van der Waals surface area contributed by atoms with Gasteiger partial charge < -0.3 is 15.4 Å². The molecule has 0 bridgehead atoms. The standard InChI is InChI=1S/C19H23N3O2/c1-14(20)16-5-3-11-22(13-16)19(23)15-4-2-6-18(12-15)24-17-7-9-21-10-8-17/h2,4,6-10,12,14,16H,3,5,11,13,20H2,1H3. The van der Waals surface area contributed by atoms with Gasteiger partial charge in [0.15, 0.2) is 0 Å². The molecule has 0 radical (unpaired) electrons. The first-order valence-corrected chi connectivity index (χ1v) is 8.36. The zero-order valence-corrected chi connectivity index (χ0v) is 13.9. The van der Waals surface area contributed by atoms with Crippen LogP contribution in [-0.4, -0.2) is 34.9 Å². The van der Waals surface area contributed by atoms with Crippen molar-refractivity contribution >= 4 is 5.91 Å². The summed E-state index contributed by atoms with van der Waals surface area (Å²) < 4.78 is 5.79. The van der Waals surface area contributed by atoms with Gasteiger partial charge >= 0.3 is 0 Å². The monoisotopic (exact) mass is 325 g/mol. The Bertz CT molecular complexity index is 688. The Hall–Kier alpha value is -2.40. The molecule has 1 aliphatic heterocycles. The van der Waals surface area contributed by atoms with E-state index in [0.29, 0.717) is 23.0 Å². The molecule has 1 amide bonds. The van der Waals surface area contributed by atoms with Gasteiger partial charge in [-0.25, -0.2) is 0 Å². The van der Waals surface area contributed by atoms with Crippen LogP contribution in [0.3, 0.4) is 0 Å². The fourth-order valence-electron chi connectivity index (χ4n) is 3.04. The first-order valence-electron chi connectivity index (χ1n) is 8.36. The lowest BCUT2D eigenvalue weighted by molar-refractivity contribution is 0.0660. The van der Waals surface area contributed by atoms with Gasteiger partial charge in [-0.3, -0.25) is 9.78 Å². The Morgan fingerprint density at radius 3 is 2.83 bits per heavy atom. The van der Waals surface area contributed by atoms with Gasteiger partial charge in [-0.1, -0.05) is 6.07 Å². The van der Waals surface area contributed by atoms with Crippen LogP contribution in [0.2, 0.25) is 0 Å². The molecule has 1 fully saturated rings. The molecule has 126 valence electrons. The third kappa shape index (κ3) is 3.92. The molecule has 3 rings (SSSR count). The molecule has 1 aliphatic rings. The zero-order chi connectivity index (χ0) is 16.9. The maximum atomic E-state index is 12.8. The average Bonchev–Trinajstić information content (AvgIpc) is 2.62. The van der Waals surface area contributed by atoms with E-state index in [1.807, 2.05) is 30.0 Å². The third-order valence-corrected chi connectivity index (χ3v) is 4.46. The van der Waals surface area contributed by atoms with Crippen LogP contribution in [0.4, 0.5) is 0 Å². The minimum absolute atomic E-state index is 0.0422. The van der Waals surface area contributed by atoms with Crippen LogP contribution >= 0.6 is 0 Å². The number of amides is 1. The van der Waals surface area contributed by atoms with Gasteiger partial charge in [0.2, 0.25) is 0 Å². The quantitative estimate of drug-likeness (QED) is 0.938. The van der Waals surface area contributed by atoms with Crippen molar-refractivity contribution in [1.82, 2.24) is 9.88 Å². The van der Waals surface area contributed by atoms with Gasteiger partial charge in [0.25, 0.3) is 5.91 Å². The molecule has 2 aromatic rings. The number of piperidine rings is 1. The predicted molar refractivity (Wildman–Crippen MR) is 93.0 cm³/mol. The smallest absolute Gasteiger partial charge is 0.253 e. The number of hydrogen-bond donors (Lipinski definition) is 1. The first kappa shape index (κ1) is 16.5. The number of pyridine rings is 1. The number of nitrogens with two attached hydrogens (primary N) is 1. The SMILES string of the molecule is CC(N)C1CCCN(C(=O)c2cccc(Oc3ccncc3)c2)C1. The molecule has 5 nitrogen and oxygen atoms in total. The largest absolute Gasteiger partial charge is 0.457 e. The van der Waals surface area contributed by atoms with Gasteiger partial charge in [-0.2, -0.15) is 0 Å². The summed E-state index contributed by atoms with van der Waals surface area (Å²) in [6.45, 7) is 3.53. The lowest BCUT2D eigenvalue weighted by Crippen LogP contribution is -2.45. The van der Waals surface area contributed by atoms with Crippen molar-refractivity contribution in [3.63, 3.8) is 0 Å². The summed E-state index contributed by atoms with van der Waals surface area (Å²) in [4.78, 5) is 18.7. The summed E-state index contributed by atoms with van der Waals surface area (Å²) in [5, 5.41) is 0. The number of aromatic nitrogens is 1. The Labute approximate surface area is 142 Å². The molecule has 24 heavy (non-hydrogen) atoms. The summed E-state index contributed by atoms with van der Waals surface area (Å²) in [5.74, 6) is 1.76. The van der Waals surface area contributed by atoms with Crippen LogP contribution < -0.4 is 10.5 Å². The highest BCUT2D eigenvalue weighted by atomic mass is 16.5. The van der Waals surface area contributed by atoms with Crippen LogP contribution in [0.25, 0.3) is 0 Å². The number of likely N-dealkylation sites (tertiary alicyclic amines) is 1. The highest BCUT2D eigenvalue weighted by molar-refractivity contribution is 5.94. The van der Waals surface area contributed by atoms with E-state index in [4.69, 9.17) is 10.5 Å². The second-order valence-electron chi connectivity index (χ2n) is 6.33. The zero-order valence-electron chi connectivity index (χ0n) is 13.9. The molecule has 1 aromatic carbocycles. The highest BCUT2D eigenvalue weighted by Gasteiger charge is 2.26. The molecule has 0 aliphatic carbocycles. The molecule has 0 spiro atoms. The van der Waals surface area contributed by atoms with Gasteiger partial charge in [0.1, 0.15) is 11.5 Å². The Balaban J connectivity index is 1.72. The van der Waals surface area contributed by atoms with E-state index in [1.54, 1.807) is 30.6 Å². The van der Waals surface area contributed by atoms with E-state index in [1.165, 1.54) is 0 Å². The molecule has 0 saturated carbocycles. The minimum Gasteiger partial charge on any atom is -0.457 e. The van der Waals surface area contributed by atoms with E-state index in [9.17, 15) is 4.79 Å². The molecular weight excluding hydrogens is 302 g/mol. The lowest BCUT2D eigenvalue weighted by Gasteiger charge is -2.34. The topological polar surface area (TPSA) is 68.5 Å². The molecule has 2 atom stereocenters. The summed E-state index contributed by atoms with van der Waals surface area (Å²) in [6.07, 6.45) is 5.44. The van der Waals surface area contributed by atoms with E-state index in [-0.39, 0.29) is 11.9 Å². The Kier molecular flexibility index (Phi) is 5.11. The normalized spacial score (nSPS) is 18.9. The van der Waals surface area contributed by atoms with Crippen molar-refractivity contribution in [2.75, 3.05) is 13.1 Å². The fraction of sp³-hybridized carbons (Fsp3) is 0.368. The van der Waals surface area contributed by atoms with Crippen LogP contribution in [0, 0.1) is 5.92 Å². The first-order chi connectivity index (χ1) is 11.6. The Morgan fingerprint density at radius 2 is 2.08 bits per heavy atom. The number of hydrogen-bond acceptors (Lipinski definition) is 4. The number of rotatable bonds is 4. The summed E-state index contributed by atoms with van der Waals surface area (Å²) in [6, 6.07) is 11.0. The van der Waals surface area contributed by atoms with E-state index in [2.05, 4.69) is 4.98 Å². The summed E-state index contributed by atoms with van der Waals surface area (Å²) in [7, 11) is 0. The van der Waals surface area contributed by atoms with Crippen LogP contribution in [0.5, 0.6) is 11.5 Å². The highest BCUT2D eigenvalue weighted by Crippen LogP contribution is 2.24. The number of ether oxygens (including phenoxy) is 1. The van der Waals surface area contributed by atoms with Gasteiger partial charge in [0, 0.05) is 37.1 Å². The third-order valence-electron chi connectivity index (χ3n) is 4.46. The van der Waals surface area contributed by atoms with Gasteiger partial charge in [-0.15, -0.1) is 0 Å². The number of nitrogens with zero attached hydrogens (tertiary/aromatic N) is 2. The fourth-order valence-corrected chi connectivity index (χ4v) is 3.04. The number of carbonyl (C=O) groups is 1. The molecule has 1 aromatic heterocycles. The average molecular weight is 325 g/mol. The molecule has 1 saturated heterocycles. The predicted octanol–water partition coefficient (Wildman–Crippen LogP) is 3.07. The maximum Gasteiger partial charge on any atom is 0.253 e. The van der Waals surface area contributed by atoms with Crippen molar-refractivity contribution in [3.05, 3.63) is 54.4 Å². The number of benzene rings is 1. The van der Waals surface area contributed by atoms with Gasteiger partial charge in [-0.05, 0) is 56.0 Å². The van der Waals surface area contributed by atoms with E-state index in [0.717, 1.165) is 25.9 Å². The molecule has 2 unspecified atom stereocenters. The Morgan fingerprint density at radius 1 is 1.29 bits per heavy atom. The van der Waals surface area contributed by atoms with Crippen molar-refractivity contribution in [2.45, 2.75) is 25.8 Å². The lowest BCUT2D eigenvalue weighted by atomic mass is 9.92. The van der Waals surface area contributed by atoms with Crippen molar-refractivity contribution in [3.8, 4) is 11.5 Å². The van der Waals surface area contributed by atoms with Crippen LogP contribution in [-0.2, 0) is 0 Å². The maximum absolute atomic E-state index is 12.8. The second-order valence-corrected chi connectivity index (χ2v) is 6.33. The minimum atomic E-state index is 0.0422. The molecule has 2 N–H and O–H groups in total. The summed E-state index contributed by atoms with van der Waals surface area (Å²) >= 11 is 0. The number of carbonyl (C=O) groups excluding carboxylic acids is 1. The van der Waals surface area contributed by atoms with Crippen molar-refractivity contribution < 1.29 is 9.53 Å². The van der Waals surface area contributed by atoms with Crippen molar-refractivity contribution in [1.29, 1.82) is 0 Å². The van der Waals surface area contributed by atoms with Crippen LogP contribution in [0.15, 0.2) is 48.8 Å². The van der Waals surface area contributed by atoms with E-state index >= 15 is 0 Å². The van der Waals surface area contributed by atoms with Gasteiger partial charge in [0.05, 0.1) is 0 Å². The van der Waals surface area contributed by atoms with Crippen LogP contribution in [0.1, 0.15) is 30.1 Å². The summed E-state index contributed by atoms with van der Waals surface area (Å²) in [5.41, 5.74) is 6.66. The van der Waals surface area contributed by atoms with Crippen molar-refractivity contribution in [2.24, 2.45) is 11.7 Å². The molecular formula is C19H23N3O2. The van der Waals surface area contributed by atoms with E-state index < -0.39 is 0 Å². The second kappa shape index (κ2) is 7.45.